The average Bonchev–Trinajstić information content (AvgIpc) is 2.20. The Morgan fingerprint density at radius 3 is 2.43 bits per heavy atom. The molecule has 0 aromatic heterocycles. The molecule has 2 heteroatoms. The maximum Gasteiger partial charge on any atom is 0.315 e. The van der Waals surface area contributed by atoms with Crippen molar-refractivity contribution in [3.05, 3.63) is 0 Å². The summed E-state index contributed by atoms with van der Waals surface area (Å²) in [4.78, 5) is 11.4. The third-order valence-corrected chi connectivity index (χ3v) is 3.30. The van der Waals surface area contributed by atoms with Gasteiger partial charge in [-0.15, -0.1) is 0 Å². The number of carbonyl (C=O) groups excluding carboxylic acids is 1. The van der Waals surface area contributed by atoms with Gasteiger partial charge in [0.25, 0.3) is 0 Å². The number of ether oxygens (including phenoxy) is 1. The summed E-state index contributed by atoms with van der Waals surface area (Å²) in [5.74, 6) is 0.0204. The Hall–Kier alpha value is -0.530. The van der Waals surface area contributed by atoms with Crippen LogP contribution in [0.4, 0.5) is 0 Å². The molecule has 1 unspecified atom stereocenters. The molecule has 1 fully saturated rings. The fourth-order valence-electron chi connectivity index (χ4n) is 2.04. The molecule has 0 aliphatic carbocycles. The highest BCUT2D eigenvalue weighted by molar-refractivity contribution is 5.82. The van der Waals surface area contributed by atoms with Crippen LogP contribution in [0.15, 0.2) is 0 Å². The highest BCUT2D eigenvalue weighted by Crippen LogP contribution is 2.42. The molecule has 0 amide bonds. The van der Waals surface area contributed by atoms with Crippen molar-refractivity contribution in [2.45, 2.75) is 65.4 Å². The number of cyclic esters (lactones) is 1. The Morgan fingerprint density at radius 2 is 1.93 bits per heavy atom. The molecule has 2 atom stereocenters. The van der Waals surface area contributed by atoms with Crippen LogP contribution in [0.1, 0.15) is 59.3 Å². The van der Waals surface area contributed by atoms with Gasteiger partial charge in [-0.3, -0.25) is 4.79 Å². The van der Waals surface area contributed by atoms with Crippen LogP contribution in [0.3, 0.4) is 0 Å². The van der Waals surface area contributed by atoms with E-state index in [0.29, 0.717) is 0 Å². The standard InChI is InChI=1S/C12H22O2/c1-4-6-8-10-12(3,9-7-5-2)11(13)14-10/h10H,4-9H2,1-3H3/t10?,12-/m0/s1. The number of carbonyl (C=O) groups is 1. The lowest BCUT2D eigenvalue weighted by atomic mass is 9.73. The summed E-state index contributed by atoms with van der Waals surface area (Å²) < 4.78 is 5.21. The molecular weight excluding hydrogens is 176 g/mol. The molecule has 0 radical (unpaired) electrons. The number of hydrogen-bond acceptors (Lipinski definition) is 2. The van der Waals surface area contributed by atoms with E-state index in [1.54, 1.807) is 0 Å². The zero-order valence-corrected chi connectivity index (χ0v) is 9.64. The molecule has 1 saturated heterocycles. The molecule has 2 nitrogen and oxygen atoms in total. The molecule has 1 aliphatic heterocycles. The average molecular weight is 198 g/mol. The lowest BCUT2D eigenvalue weighted by Gasteiger charge is -2.44. The normalized spacial score (nSPS) is 31.1. The lowest BCUT2D eigenvalue weighted by Crippen LogP contribution is -2.54. The van der Waals surface area contributed by atoms with Crippen molar-refractivity contribution in [1.29, 1.82) is 0 Å². The third kappa shape index (κ3) is 2.10. The molecule has 14 heavy (non-hydrogen) atoms. The number of esters is 1. The monoisotopic (exact) mass is 198 g/mol. The van der Waals surface area contributed by atoms with Gasteiger partial charge in [0.15, 0.2) is 0 Å². The maximum atomic E-state index is 11.4. The number of hydrogen-bond donors (Lipinski definition) is 0. The van der Waals surface area contributed by atoms with Crippen molar-refractivity contribution < 1.29 is 9.53 Å². The van der Waals surface area contributed by atoms with Gasteiger partial charge in [0.2, 0.25) is 0 Å². The summed E-state index contributed by atoms with van der Waals surface area (Å²) in [6.45, 7) is 6.40. The van der Waals surface area contributed by atoms with Crippen LogP contribution in [0.5, 0.6) is 0 Å². The molecule has 0 spiro atoms. The molecule has 0 aromatic carbocycles. The summed E-state index contributed by atoms with van der Waals surface area (Å²) in [6, 6.07) is 0. The molecule has 1 rings (SSSR count). The van der Waals surface area contributed by atoms with Crippen molar-refractivity contribution in [3.63, 3.8) is 0 Å². The van der Waals surface area contributed by atoms with Crippen molar-refractivity contribution in [3.8, 4) is 0 Å². The second-order valence-electron chi connectivity index (χ2n) is 4.56. The van der Waals surface area contributed by atoms with E-state index in [4.69, 9.17) is 4.74 Å². The predicted molar refractivity (Wildman–Crippen MR) is 57.0 cm³/mol. The minimum atomic E-state index is -0.162. The fraction of sp³-hybridized carbons (Fsp3) is 0.917. The molecular formula is C12H22O2. The maximum absolute atomic E-state index is 11.4. The number of unbranched alkanes of at least 4 members (excludes halogenated alkanes) is 2. The molecule has 0 saturated carbocycles. The molecule has 0 bridgehead atoms. The van der Waals surface area contributed by atoms with Crippen molar-refractivity contribution >= 4 is 5.97 Å². The molecule has 0 aromatic rings. The van der Waals surface area contributed by atoms with Gasteiger partial charge in [0.05, 0.1) is 0 Å². The topological polar surface area (TPSA) is 26.3 Å². The first-order valence-electron chi connectivity index (χ1n) is 5.86. The van der Waals surface area contributed by atoms with Gasteiger partial charge in [-0.25, -0.2) is 0 Å². The summed E-state index contributed by atoms with van der Waals surface area (Å²) in [5.41, 5.74) is -0.162. The van der Waals surface area contributed by atoms with Crippen LogP contribution < -0.4 is 0 Å². The molecule has 1 heterocycles. The van der Waals surface area contributed by atoms with E-state index in [0.717, 1.165) is 25.7 Å². The van der Waals surface area contributed by atoms with Crippen LogP contribution in [-0.4, -0.2) is 12.1 Å². The van der Waals surface area contributed by atoms with Crippen molar-refractivity contribution in [1.82, 2.24) is 0 Å². The van der Waals surface area contributed by atoms with Crippen LogP contribution in [0, 0.1) is 5.41 Å². The van der Waals surface area contributed by atoms with E-state index in [-0.39, 0.29) is 17.5 Å². The minimum absolute atomic E-state index is 0.0204. The zero-order chi connectivity index (χ0) is 10.6. The van der Waals surface area contributed by atoms with E-state index in [9.17, 15) is 4.79 Å². The van der Waals surface area contributed by atoms with Crippen LogP contribution in [0.2, 0.25) is 0 Å². The zero-order valence-electron chi connectivity index (χ0n) is 9.64. The Kier molecular flexibility index (Phi) is 3.97. The van der Waals surface area contributed by atoms with Gasteiger partial charge in [-0.05, 0) is 19.8 Å². The van der Waals surface area contributed by atoms with Gasteiger partial charge in [0.1, 0.15) is 11.5 Å². The van der Waals surface area contributed by atoms with E-state index in [1.807, 2.05) is 0 Å². The first-order valence-corrected chi connectivity index (χ1v) is 5.86. The summed E-state index contributed by atoms with van der Waals surface area (Å²) in [7, 11) is 0. The van der Waals surface area contributed by atoms with Crippen LogP contribution in [0.25, 0.3) is 0 Å². The second-order valence-corrected chi connectivity index (χ2v) is 4.56. The smallest absolute Gasteiger partial charge is 0.315 e. The van der Waals surface area contributed by atoms with Gasteiger partial charge in [-0.2, -0.15) is 0 Å². The molecule has 1 aliphatic rings. The van der Waals surface area contributed by atoms with Gasteiger partial charge >= 0.3 is 5.97 Å². The van der Waals surface area contributed by atoms with E-state index >= 15 is 0 Å². The van der Waals surface area contributed by atoms with E-state index < -0.39 is 0 Å². The van der Waals surface area contributed by atoms with Crippen molar-refractivity contribution in [2.24, 2.45) is 5.41 Å². The Labute approximate surface area is 87.0 Å². The Morgan fingerprint density at radius 1 is 1.29 bits per heavy atom. The first-order chi connectivity index (χ1) is 6.65. The van der Waals surface area contributed by atoms with E-state index in [2.05, 4.69) is 20.8 Å². The second kappa shape index (κ2) is 4.81. The van der Waals surface area contributed by atoms with Crippen LogP contribution in [-0.2, 0) is 9.53 Å². The predicted octanol–water partition coefficient (Wildman–Crippen LogP) is 3.30. The summed E-state index contributed by atoms with van der Waals surface area (Å²) >= 11 is 0. The van der Waals surface area contributed by atoms with Gasteiger partial charge < -0.3 is 4.74 Å². The van der Waals surface area contributed by atoms with Gasteiger partial charge in [0, 0.05) is 0 Å². The van der Waals surface area contributed by atoms with Crippen LogP contribution >= 0.6 is 0 Å². The summed E-state index contributed by atoms with van der Waals surface area (Å²) in [5, 5.41) is 0. The quantitative estimate of drug-likeness (QED) is 0.612. The highest BCUT2D eigenvalue weighted by atomic mass is 16.6. The Balaban J connectivity index is 2.41. The van der Waals surface area contributed by atoms with Gasteiger partial charge in [-0.1, -0.05) is 39.5 Å². The molecule has 0 N–H and O–H groups in total. The lowest BCUT2D eigenvalue weighted by molar-refractivity contribution is -0.206. The SMILES string of the molecule is CCCCC1OC(=O)[C@@]1(C)CCCC. The third-order valence-electron chi connectivity index (χ3n) is 3.30. The largest absolute Gasteiger partial charge is 0.461 e. The Bertz CT molecular complexity index is 200. The number of rotatable bonds is 6. The fourth-order valence-corrected chi connectivity index (χ4v) is 2.04. The first kappa shape index (κ1) is 11.5. The molecule has 82 valence electrons. The van der Waals surface area contributed by atoms with Crippen molar-refractivity contribution in [2.75, 3.05) is 0 Å². The highest BCUT2D eigenvalue weighted by Gasteiger charge is 2.52. The van der Waals surface area contributed by atoms with E-state index in [1.165, 1.54) is 12.8 Å². The summed E-state index contributed by atoms with van der Waals surface area (Å²) in [6.07, 6.45) is 6.87. The minimum Gasteiger partial charge on any atom is -0.461 e.